The van der Waals surface area contributed by atoms with E-state index in [1.54, 1.807) is 6.07 Å². The third-order valence-electron chi connectivity index (χ3n) is 4.90. The van der Waals surface area contributed by atoms with Gasteiger partial charge >= 0.3 is 6.18 Å². The highest BCUT2D eigenvalue weighted by Crippen LogP contribution is 2.31. The number of amides is 1. The van der Waals surface area contributed by atoms with E-state index in [-0.39, 0.29) is 34.2 Å². The lowest BCUT2D eigenvalue weighted by molar-refractivity contribution is -0.137. The molecule has 1 aliphatic heterocycles. The summed E-state index contributed by atoms with van der Waals surface area (Å²) in [4.78, 5) is 17.0. The molecule has 2 N–H and O–H groups in total. The quantitative estimate of drug-likeness (QED) is 0.644. The first-order valence-electron chi connectivity index (χ1n) is 9.68. The Balaban J connectivity index is 1.77. The molecule has 2 aromatic carbocycles. The van der Waals surface area contributed by atoms with Crippen LogP contribution in [0.2, 0.25) is 0 Å². The Morgan fingerprint density at radius 2 is 2.03 bits per heavy atom. The number of hydrogen-bond donors (Lipinski definition) is 2. The van der Waals surface area contributed by atoms with E-state index in [9.17, 15) is 23.1 Å². The second-order valence-electron chi connectivity index (χ2n) is 7.19. The van der Waals surface area contributed by atoms with E-state index in [1.807, 2.05) is 0 Å². The molecule has 1 aliphatic rings. The van der Waals surface area contributed by atoms with E-state index >= 15 is 0 Å². The number of phenols is 1. The molecule has 0 bridgehead atoms. The van der Waals surface area contributed by atoms with Gasteiger partial charge in [0.05, 0.1) is 17.4 Å². The number of rotatable bonds is 4. The maximum atomic E-state index is 13.0. The standard InChI is InChI=1S/C22H19F3N2O4/c23-22(24,25)14-3-1-4-15(10-14)27-21-18(20(29)26-12-17-5-2-8-30-17)9-13-6-7-16(28)11-19(13)31-21/h1,3-4,6-7,9-11,17,28H,2,5,8,12H2,(H,26,29)/t17-/m0/s1. The van der Waals surface area contributed by atoms with Gasteiger partial charge in [0.2, 0.25) is 5.55 Å². The van der Waals surface area contributed by atoms with Gasteiger partial charge in [0, 0.05) is 24.6 Å². The summed E-state index contributed by atoms with van der Waals surface area (Å²) in [6.07, 6.45) is -2.85. The van der Waals surface area contributed by atoms with Crippen molar-refractivity contribution in [1.82, 2.24) is 5.32 Å². The fraction of sp³-hybridized carbons (Fsp3) is 0.273. The number of nitrogens with one attached hydrogen (secondary N) is 1. The lowest BCUT2D eigenvalue weighted by Gasteiger charge is -2.11. The van der Waals surface area contributed by atoms with Gasteiger partial charge in [-0.3, -0.25) is 4.79 Å². The van der Waals surface area contributed by atoms with Crippen molar-refractivity contribution in [2.24, 2.45) is 4.99 Å². The molecule has 9 heteroatoms. The first-order valence-corrected chi connectivity index (χ1v) is 9.68. The van der Waals surface area contributed by atoms with Gasteiger partial charge in [-0.1, -0.05) is 6.07 Å². The molecule has 3 aromatic rings. The number of carbonyl (C=O) groups is 1. The van der Waals surface area contributed by atoms with Gasteiger partial charge in [-0.05, 0) is 49.2 Å². The number of benzene rings is 2. The number of carbonyl (C=O) groups excluding carboxylic acids is 1. The average Bonchev–Trinajstić information content (AvgIpc) is 3.25. The Labute approximate surface area is 175 Å². The minimum atomic E-state index is -4.53. The van der Waals surface area contributed by atoms with Crippen LogP contribution in [0.4, 0.5) is 18.9 Å². The van der Waals surface area contributed by atoms with Crippen LogP contribution in [0.1, 0.15) is 28.8 Å². The molecule has 1 saturated heterocycles. The second-order valence-corrected chi connectivity index (χ2v) is 7.19. The Bertz CT molecular complexity index is 1180. The number of hydrogen-bond acceptors (Lipinski definition) is 5. The highest BCUT2D eigenvalue weighted by atomic mass is 19.4. The zero-order valence-corrected chi connectivity index (χ0v) is 16.3. The number of aromatic hydroxyl groups is 1. The van der Waals surface area contributed by atoms with Crippen LogP contribution in [0.25, 0.3) is 11.0 Å². The van der Waals surface area contributed by atoms with E-state index < -0.39 is 17.6 Å². The predicted molar refractivity (Wildman–Crippen MR) is 106 cm³/mol. The Kier molecular flexibility index (Phi) is 5.69. The molecular weight excluding hydrogens is 413 g/mol. The van der Waals surface area contributed by atoms with Gasteiger partial charge in [0.15, 0.2) is 0 Å². The molecule has 31 heavy (non-hydrogen) atoms. The second kappa shape index (κ2) is 8.43. The van der Waals surface area contributed by atoms with Gasteiger partial charge < -0.3 is 19.6 Å². The molecule has 1 aromatic heterocycles. The van der Waals surface area contributed by atoms with E-state index in [0.717, 1.165) is 25.0 Å². The van der Waals surface area contributed by atoms with Crippen LogP contribution in [0.3, 0.4) is 0 Å². The van der Waals surface area contributed by atoms with E-state index in [2.05, 4.69) is 10.3 Å². The molecule has 0 radical (unpaired) electrons. The molecule has 1 atom stereocenters. The van der Waals surface area contributed by atoms with Crippen molar-refractivity contribution in [3.05, 3.63) is 65.2 Å². The molecule has 162 valence electrons. The number of alkyl halides is 3. The summed E-state index contributed by atoms with van der Waals surface area (Å²) >= 11 is 0. The first-order chi connectivity index (χ1) is 14.8. The molecule has 2 heterocycles. The van der Waals surface area contributed by atoms with Crippen molar-refractivity contribution in [2.45, 2.75) is 25.1 Å². The molecule has 1 amide bonds. The van der Waals surface area contributed by atoms with Crippen molar-refractivity contribution in [2.75, 3.05) is 13.2 Å². The summed E-state index contributed by atoms with van der Waals surface area (Å²) in [5, 5.41) is 13.0. The summed E-state index contributed by atoms with van der Waals surface area (Å²) in [6.45, 7) is 0.945. The molecule has 4 rings (SSSR count). The lowest BCUT2D eigenvalue weighted by Crippen LogP contribution is -2.34. The Morgan fingerprint density at radius 3 is 2.77 bits per heavy atom. The smallest absolute Gasteiger partial charge is 0.416 e. The highest BCUT2D eigenvalue weighted by Gasteiger charge is 2.30. The van der Waals surface area contributed by atoms with Crippen LogP contribution in [0, 0.1) is 0 Å². The van der Waals surface area contributed by atoms with Gasteiger partial charge in [-0.2, -0.15) is 13.2 Å². The zero-order chi connectivity index (χ0) is 22.0. The van der Waals surface area contributed by atoms with Crippen molar-refractivity contribution < 1.29 is 32.2 Å². The van der Waals surface area contributed by atoms with Crippen LogP contribution in [0.5, 0.6) is 5.75 Å². The Hall–Kier alpha value is -3.33. The maximum Gasteiger partial charge on any atom is 0.416 e. The summed E-state index contributed by atoms with van der Waals surface area (Å²) in [6, 6.07) is 10.3. The van der Waals surface area contributed by atoms with Gasteiger partial charge in [-0.15, -0.1) is 0 Å². The van der Waals surface area contributed by atoms with Gasteiger partial charge in [0.25, 0.3) is 5.91 Å². The van der Waals surface area contributed by atoms with Crippen LogP contribution >= 0.6 is 0 Å². The van der Waals surface area contributed by atoms with E-state index in [1.165, 1.54) is 30.3 Å². The van der Waals surface area contributed by atoms with E-state index in [4.69, 9.17) is 9.15 Å². The number of ether oxygens (including phenoxy) is 1. The van der Waals surface area contributed by atoms with Crippen LogP contribution in [-0.4, -0.2) is 30.3 Å². The third kappa shape index (κ3) is 4.88. The van der Waals surface area contributed by atoms with Gasteiger partial charge in [0.1, 0.15) is 16.9 Å². The minimum Gasteiger partial charge on any atom is -0.508 e. The van der Waals surface area contributed by atoms with Crippen LogP contribution < -0.4 is 10.9 Å². The largest absolute Gasteiger partial charge is 0.508 e. The molecule has 0 aliphatic carbocycles. The normalized spacial score (nSPS) is 17.3. The van der Waals surface area contributed by atoms with Crippen molar-refractivity contribution >= 4 is 22.6 Å². The summed E-state index contributed by atoms with van der Waals surface area (Å²) < 4.78 is 50.3. The lowest BCUT2D eigenvalue weighted by atomic mass is 10.1. The van der Waals surface area contributed by atoms with Crippen molar-refractivity contribution in [1.29, 1.82) is 0 Å². The molecule has 0 saturated carbocycles. The minimum absolute atomic E-state index is 0.0220. The SMILES string of the molecule is O=C(NC[C@@H]1CCCO1)c1cc2ccc(O)cc2oc1=Nc1cccc(C(F)(F)F)c1. The van der Waals surface area contributed by atoms with Crippen LogP contribution in [-0.2, 0) is 10.9 Å². The van der Waals surface area contributed by atoms with Crippen molar-refractivity contribution in [3.8, 4) is 5.75 Å². The van der Waals surface area contributed by atoms with Crippen molar-refractivity contribution in [3.63, 3.8) is 0 Å². The third-order valence-corrected chi connectivity index (χ3v) is 4.90. The zero-order valence-electron chi connectivity index (χ0n) is 16.3. The monoisotopic (exact) mass is 432 g/mol. The highest BCUT2D eigenvalue weighted by molar-refractivity contribution is 5.96. The summed E-state index contributed by atoms with van der Waals surface area (Å²) in [5.74, 6) is -0.545. The number of halogens is 3. The number of phenolic OH excluding ortho intramolecular Hbond substituents is 1. The van der Waals surface area contributed by atoms with Crippen LogP contribution in [0.15, 0.2) is 57.9 Å². The molecule has 1 fully saturated rings. The molecule has 0 spiro atoms. The summed E-state index contributed by atoms with van der Waals surface area (Å²) in [7, 11) is 0. The first kappa shape index (κ1) is 20.9. The molecular formula is C22H19F3N2O4. The number of fused-ring (bicyclic) bond motifs is 1. The number of nitrogens with zero attached hydrogens (tertiary/aromatic N) is 1. The summed E-state index contributed by atoms with van der Waals surface area (Å²) in [5.41, 5.74) is -0.750. The topological polar surface area (TPSA) is 84.1 Å². The molecule has 6 nitrogen and oxygen atoms in total. The fourth-order valence-electron chi connectivity index (χ4n) is 3.33. The molecule has 0 unspecified atom stereocenters. The average molecular weight is 432 g/mol. The Morgan fingerprint density at radius 1 is 1.19 bits per heavy atom. The fourth-order valence-corrected chi connectivity index (χ4v) is 3.33. The van der Waals surface area contributed by atoms with E-state index in [0.29, 0.717) is 18.5 Å². The maximum absolute atomic E-state index is 13.0. The van der Waals surface area contributed by atoms with Gasteiger partial charge in [-0.25, -0.2) is 4.99 Å². The predicted octanol–water partition coefficient (Wildman–Crippen LogP) is 4.30.